The quantitative estimate of drug-likeness (QED) is 0.724. The summed E-state index contributed by atoms with van der Waals surface area (Å²) in [6.45, 7) is 2.34. The molecule has 2 saturated carbocycles. The maximum absolute atomic E-state index is 12.1. The van der Waals surface area contributed by atoms with Gasteiger partial charge in [-0.1, -0.05) is 25.7 Å². The minimum absolute atomic E-state index is 0.0236. The van der Waals surface area contributed by atoms with E-state index < -0.39 is 6.04 Å². The zero-order chi connectivity index (χ0) is 15.9. The van der Waals surface area contributed by atoms with Crippen LogP contribution < -0.4 is 10.6 Å². The molecule has 126 valence electrons. The van der Waals surface area contributed by atoms with Gasteiger partial charge in [0.2, 0.25) is 11.8 Å². The highest BCUT2D eigenvalue weighted by molar-refractivity contribution is 5.88. The van der Waals surface area contributed by atoms with Crippen LogP contribution in [0, 0.1) is 11.8 Å². The summed E-state index contributed by atoms with van der Waals surface area (Å²) in [7, 11) is 0. The fraction of sp³-hybridized carbons (Fsp3) is 0.882. The summed E-state index contributed by atoms with van der Waals surface area (Å²) >= 11 is 0. The highest BCUT2D eigenvalue weighted by Gasteiger charge is 2.25. The third-order valence-electron chi connectivity index (χ3n) is 5.05. The van der Waals surface area contributed by atoms with Gasteiger partial charge in [-0.15, -0.1) is 0 Å². The van der Waals surface area contributed by atoms with Crippen molar-refractivity contribution in [2.75, 3.05) is 6.54 Å². The zero-order valence-corrected chi connectivity index (χ0v) is 13.6. The number of rotatable bonds is 5. The molecule has 5 nitrogen and oxygen atoms in total. The second-order valence-electron chi connectivity index (χ2n) is 7.00. The first-order valence-electron chi connectivity index (χ1n) is 8.82. The van der Waals surface area contributed by atoms with Crippen molar-refractivity contribution >= 4 is 11.8 Å². The molecule has 0 spiro atoms. The van der Waals surface area contributed by atoms with E-state index in [-0.39, 0.29) is 23.8 Å². The van der Waals surface area contributed by atoms with Crippen LogP contribution in [-0.2, 0) is 9.59 Å². The third-order valence-corrected chi connectivity index (χ3v) is 5.05. The maximum Gasteiger partial charge on any atom is 0.242 e. The molecule has 2 fully saturated rings. The summed E-state index contributed by atoms with van der Waals surface area (Å²) in [4.78, 5) is 24.2. The molecule has 0 aromatic carbocycles. The van der Waals surface area contributed by atoms with Crippen LogP contribution in [0.3, 0.4) is 0 Å². The van der Waals surface area contributed by atoms with Gasteiger partial charge < -0.3 is 15.7 Å². The van der Waals surface area contributed by atoms with Crippen molar-refractivity contribution in [1.82, 2.24) is 10.6 Å². The SMILES string of the molecule is CC(NC(=O)C1CCCCC1)C(=O)NCC1CCCC(O)C1. The van der Waals surface area contributed by atoms with Crippen molar-refractivity contribution < 1.29 is 14.7 Å². The molecule has 22 heavy (non-hydrogen) atoms. The van der Waals surface area contributed by atoms with E-state index in [4.69, 9.17) is 0 Å². The number of amides is 2. The lowest BCUT2D eigenvalue weighted by Gasteiger charge is -2.27. The number of aliphatic hydroxyl groups is 1. The van der Waals surface area contributed by atoms with E-state index in [2.05, 4.69) is 10.6 Å². The second-order valence-corrected chi connectivity index (χ2v) is 7.00. The Kier molecular flexibility index (Phi) is 6.68. The summed E-state index contributed by atoms with van der Waals surface area (Å²) in [5, 5.41) is 15.4. The molecular weight excluding hydrogens is 280 g/mol. The van der Waals surface area contributed by atoms with Crippen LogP contribution in [0.2, 0.25) is 0 Å². The van der Waals surface area contributed by atoms with Crippen LogP contribution in [0.1, 0.15) is 64.7 Å². The number of hydrogen-bond acceptors (Lipinski definition) is 3. The lowest BCUT2D eigenvalue weighted by Crippen LogP contribution is -2.48. The third kappa shape index (κ3) is 5.27. The first-order chi connectivity index (χ1) is 10.6. The summed E-state index contributed by atoms with van der Waals surface area (Å²) in [5.41, 5.74) is 0. The second kappa shape index (κ2) is 8.51. The molecule has 0 heterocycles. The number of nitrogens with one attached hydrogen (secondary N) is 2. The zero-order valence-electron chi connectivity index (χ0n) is 13.6. The molecule has 2 aliphatic rings. The van der Waals surface area contributed by atoms with E-state index in [0.29, 0.717) is 12.5 Å². The lowest BCUT2D eigenvalue weighted by molar-refractivity contribution is -0.131. The summed E-state index contributed by atoms with van der Waals surface area (Å²) in [6.07, 6.45) is 8.83. The van der Waals surface area contributed by atoms with Crippen molar-refractivity contribution in [3.63, 3.8) is 0 Å². The molecule has 0 aromatic rings. The predicted octanol–water partition coefficient (Wildman–Crippen LogP) is 1.74. The van der Waals surface area contributed by atoms with E-state index in [9.17, 15) is 14.7 Å². The van der Waals surface area contributed by atoms with Gasteiger partial charge in [-0.05, 0) is 44.9 Å². The van der Waals surface area contributed by atoms with Crippen molar-refractivity contribution in [2.24, 2.45) is 11.8 Å². The summed E-state index contributed by atoms with van der Waals surface area (Å²) < 4.78 is 0. The Balaban J connectivity index is 1.68. The standard InChI is InChI=1S/C17H30N2O3/c1-12(19-17(22)14-7-3-2-4-8-14)16(21)18-11-13-6-5-9-15(20)10-13/h12-15,20H,2-11H2,1H3,(H,18,21)(H,19,22). The highest BCUT2D eigenvalue weighted by Crippen LogP contribution is 2.24. The van der Waals surface area contributed by atoms with Crippen molar-refractivity contribution in [1.29, 1.82) is 0 Å². The van der Waals surface area contributed by atoms with E-state index >= 15 is 0 Å². The van der Waals surface area contributed by atoms with Gasteiger partial charge >= 0.3 is 0 Å². The molecular formula is C17H30N2O3. The predicted molar refractivity (Wildman–Crippen MR) is 85.2 cm³/mol. The molecule has 3 atom stereocenters. The molecule has 0 aromatic heterocycles. The van der Waals surface area contributed by atoms with E-state index in [1.807, 2.05) is 0 Å². The van der Waals surface area contributed by atoms with Gasteiger partial charge in [0.1, 0.15) is 6.04 Å². The minimum Gasteiger partial charge on any atom is -0.393 e. The molecule has 2 amide bonds. The van der Waals surface area contributed by atoms with E-state index in [1.165, 1.54) is 6.42 Å². The number of carbonyl (C=O) groups is 2. The van der Waals surface area contributed by atoms with Crippen LogP contribution >= 0.6 is 0 Å². The molecule has 3 unspecified atom stereocenters. The van der Waals surface area contributed by atoms with Gasteiger partial charge in [0.05, 0.1) is 6.10 Å². The van der Waals surface area contributed by atoms with Gasteiger partial charge in [0.25, 0.3) is 0 Å². The fourth-order valence-electron chi connectivity index (χ4n) is 3.61. The van der Waals surface area contributed by atoms with Crippen LogP contribution in [-0.4, -0.2) is 35.6 Å². The normalized spacial score (nSPS) is 27.9. The smallest absolute Gasteiger partial charge is 0.242 e. The molecule has 0 bridgehead atoms. The van der Waals surface area contributed by atoms with Crippen molar-refractivity contribution in [3.8, 4) is 0 Å². The maximum atomic E-state index is 12.1. The Morgan fingerprint density at radius 3 is 2.50 bits per heavy atom. The number of carbonyl (C=O) groups excluding carboxylic acids is 2. The molecule has 0 radical (unpaired) electrons. The Labute approximate surface area is 133 Å². The van der Waals surface area contributed by atoms with Crippen molar-refractivity contribution in [2.45, 2.75) is 76.9 Å². The summed E-state index contributed by atoms with van der Waals surface area (Å²) in [6, 6.07) is -0.483. The summed E-state index contributed by atoms with van der Waals surface area (Å²) in [5.74, 6) is 0.339. The topological polar surface area (TPSA) is 78.4 Å². The van der Waals surface area contributed by atoms with Gasteiger partial charge in [0.15, 0.2) is 0 Å². The number of hydrogen-bond donors (Lipinski definition) is 3. The van der Waals surface area contributed by atoms with Crippen LogP contribution in [0.25, 0.3) is 0 Å². The monoisotopic (exact) mass is 310 g/mol. The van der Waals surface area contributed by atoms with Crippen LogP contribution in [0.5, 0.6) is 0 Å². The molecule has 2 rings (SSSR count). The largest absolute Gasteiger partial charge is 0.393 e. The Hall–Kier alpha value is -1.10. The first kappa shape index (κ1) is 17.3. The Bertz CT molecular complexity index is 380. The van der Waals surface area contributed by atoms with Gasteiger partial charge in [-0.2, -0.15) is 0 Å². The molecule has 3 N–H and O–H groups in total. The molecule has 0 saturated heterocycles. The highest BCUT2D eigenvalue weighted by atomic mass is 16.3. The van der Waals surface area contributed by atoms with Gasteiger partial charge in [-0.25, -0.2) is 0 Å². The molecule has 0 aliphatic heterocycles. The first-order valence-corrected chi connectivity index (χ1v) is 8.82. The van der Waals surface area contributed by atoms with Crippen molar-refractivity contribution in [3.05, 3.63) is 0 Å². The van der Waals surface area contributed by atoms with Gasteiger partial charge in [0, 0.05) is 12.5 Å². The average Bonchev–Trinajstić information content (AvgIpc) is 2.53. The van der Waals surface area contributed by atoms with Gasteiger partial charge in [-0.3, -0.25) is 9.59 Å². The molecule has 5 heteroatoms. The minimum atomic E-state index is -0.483. The molecule has 2 aliphatic carbocycles. The Morgan fingerprint density at radius 1 is 1.09 bits per heavy atom. The van der Waals surface area contributed by atoms with Crippen LogP contribution in [0.4, 0.5) is 0 Å². The lowest BCUT2D eigenvalue weighted by atomic mass is 9.87. The number of aliphatic hydroxyl groups excluding tert-OH is 1. The fourth-order valence-corrected chi connectivity index (χ4v) is 3.61. The van der Waals surface area contributed by atoms with E-state index in [1.54, 1.807) is 6.92 Å². The van der Waals surface area contributed by atoms with E-state index in [0.717, 1.165) is 51.4 Å². The van der Waals surface area contributed by atoms with Crippen LogP contribution in [0.15, 0.2) is 0 Å². The average molecular weight is 310 g/mol. The Morgan fingerprint density at radius 2 is 1.82 bits per heavy atom.